The molecule has 68 heavy (non-hydrogen) atoms. The molecule has 3 aliphatic rings. The van der Waals surface area contributed by atoms with Gasteiger partial charge in [-0.05, 0) is 79.0 Å². The van der Waals surface area contributed by atoms with E-state index in [1.165, 1.54) is 13.5 Å². The van der Waals surface area contributed by atoms with Crippen molar-refractivity contribution in [3.05, 3.63) is 67.9 Å². The van der Waals surface area contributed by atoms with Gasteiger partial charge >= 0.3 is 18.0 Å². The Hall–Kier alpha value is -5.01. The van der Waals surface area contributed by atoms with Crippen molar-refractivity contribution in [2.24, 2.45) is 23.7 Å². The maximum atomic E-state index is 15.0. The molecule has 1 amide bonds. The highest BCUT2D eigenvalue weighted by molar-refractivity contribution is 5.85. The number of aliphatic hydroxyl groups is 1. The first-order chi connectivity index (χ1) is 32.3. The molecule has 6 heterocycles. The van der Waals surface area contributed by atoms with E-state index >= 15 is 4.79 Å². The van der Waals surface area contributed by atoms with Gasteiger partial charge in [0, 0.05) is 62.9 Å². The molecule has 0 aliphatic carbocycles. The summed E-state index contributed by atoms with van der Waals surface area (Å²) < 4.78 is 46.0. The first-order valence-corrected chi connectivity index (χ1v) is 23.9. The number of nitrogens with zero attached hydrogens (tertiary/aromatic N) is 6. The number of carbonyl (C=O) groups is 4. The second kappa shape index (κ2) is 22.6. The number of ether oxygens (including phenoxy) is 6. The molecule has 18 heteroatoms. The molecule has 6 rings (SSSR count). The number of aryl methyl sites for hydroxylation is 1. The van der Waals surface area contributed by atoms with E-state index in [-0.39, 0.29) is 43.7 Å². The number of carbonyl (C=O) groups excluding carboxylic acids is 4. The minimum absolute atomic E-state index is 0.101. The van der Waals surface area contributed by atoms with E-state index in [0.29, 0.717) is 49.5 Å². The molecular weight excluding hydrogens is 877 g/mol. The molecule has 0 spiro atoms. The van der Waals surface area contributed by atoms with Crippen molar-refractivity contribution < 1.29 is 57.1 Å². The van der Waals surface area contributed by atoms with Crippen molar-refractivity contribution in [3.8, 4) is 11.5 Å². The molecule has 0 saturated carbocycles. The zero-order valence-corrected chi connectivity index (χ0v) is 41.3. The summed E-state index contributed by atoms with van der Waals surface area (Å²) in [5.41, 5.74) is -1.66. The first kappa shape index (κ1) is 52.4. The number of amides is 1. The predicted molar refractivity (Wildman–Crippen MR) is 248 cm³/mol. The number of esters is 2. The fraction of sp³-hybridized carbons (Fsp3) is 0.660. The van der Waals surface area contributed by atoms with Crippen molar-refractivity contribution >= 4 is 23.8 Å². The Balaban J connectivity index is 1.35. The molecule has 0 bridgehead atoms. The van der Waals surface area contributed by atoms with E-state index in [1.807, 2.05) is 50.4 Å². The third-order valence-corrected chi connectivity index (χ3v) is 14.4. The third-order valence-electron chi connectivity index (χ3n) is 14.4. The molecule has 3 saturated heterocycles. The van der Waals surface area contributed by atoms with Crippen LogP contribution < -0.4 is 0 Å². The highest BCUT2D eigenvalue weighted by Gasteiger charge is 2.60. The van der Waals surface area contributed by atoms with E-state index < -0.39 is 89.7 Å². The number of likely N-dealkylation sites (N-methyl/N-ethyl adjacent to an activating group) is 1. The Morgan fingerprint density at radius 1 is 1.07 bits per heavy atom. The van der Waals surface area contributed by atoms with Crippen molar-refractivity contribution in [1.29, 1.82) is 0 Å². The van der Waals surface area contributed by atoms with Crippen LogP contribution in [0.1, 0.15) is 93.2 Å². The average molecular weight is 949 g/mol. The van der Waals surface area contributed by atoms with Crippen molar-refractivity contribution in [2.75, 3.05) is 27.2 Å². The number of aromatic nitrogens is 4. The van der Waals surface area contributed by atoms with Gasteiger partial charge in [0.25, 0.3) is 0 Å². The molecule has 0 aromatic carbocycles. The average Bonchev–Trinajstić information content (AvgIpc) is 4.08. The zero-order chi connectivity index (χ0) is 49.5. The van der Waals surface area contributed by atoms with Crippen molar-refractivity contribution in [2.45, 2.75) is 161 Å². The number of unbranched alkanes of at least 4 members (excludes halogenated alkanes) is 1. The van der Waals surface area contributed by atoms with Gasteiger partial charge in [-0.3, -0.25) is 24.3 Å². The lowest BCUT2D eigenvalue weighted by atomic mass is 9.73. The maximum absolute atomic E-state index is 15.0. The lowest BCUT2D eigenvalue weighted by molar-refractivity contribution is -0.302. The number of hydrogen-bond donors (Lipinski definition) is 1. The summed E-state index contributed by atoms with van der Waals surface area (Å²) in [6.45, 7) is 19.5. The molecule has 3 aromatic heterocycles. The Morgan fingerprint density at radius 2 is 1.82 bits per heavy atom. The Kier molecular flexibility index (Phi) is 17.4. The lowest BCUT2D eigenvalue weighted by Gasteiger charge is -2.48. The van der Waals surface area contributed by atoms with Gasteiger partial charge in [0.05, 0.1) is 54.4 Å². The number of aliphatic hydroxyl groups excluding tert-OH is 1. The largest absolute Gasteiger partial charge is 0.461 e. The Labute approximate surface area is 400 Å². The Morgan fingerprint density at radius 3 is 2.49 bits per heavy atom. The molecule has 14 atom stereocenters. The van der Waals surface area contributed by atoms with Crippen LogP contribution in [-0.2, 0) is 55.8 Å². The monoisotopic (exact) mass is 949 g/mol. The highest BCUT2D eigenvalue weighted by atomic mass is 16.7. The van der Waals surface area contributed by atoms with Gasteiger partial charge in [-0.15, -0.1) is 6.58 Å². The van der Waals surface area contributed by atoms with Crippen LogP contribution in [0.4, 0.5) is 4.79 Å². The van der Waals surface area contributed by atoms with Crippen LogP contribution in [0.15, 0.2) is 66.6 Å². The van der Waals surface area contributed by atoms with Gasteiger partial charge in [0.15, 0.2) is 24.0 Å². The summed E-state index contributed by atoms with van der Waals surface area (Å²) in [6.07, 6.45) is 5.24. The number of oxazole rings is 1. The number of imidazole rings is 1. The lowest BCUT2D eigenvalue weighted by Crippen LogP contribution is -2.61. The van der Waals surface area contributed by atoms with Gasteiger partial charge in [0.2, 0.25) is 0 Å². The van der Waals surface area contributed by atoms with Crippen molar-refractivity contribution in [1.82, 2.24) is 29.3 Å². The molecule has 1 N–H and O–H groups in total. The smallest absolute Gasteiger partial charge is 0.410 e. The summed E-state index contributed by atoms with van der Waals surface area (Å²) in [6, 6.07) is 4.01. The van der Waals surface area contributed by atoms with Crippen LogP contribution in [0.5, 0.6) is 0 Å². The number of Topliss-reactive ketones (excluding diaryl/α,β-unsaturated/α-hetero) is 1. The van der Waals surface area contributed by atoms with Crippen LogP contribution in [0.25, 0.3) is 11.5 Å². The van der Waals surface area contributed by atoms with Gasteiger partial charge in [0.1, 0.15) is 29.8 Å². The number of hydrogen-bond acceptors (Lipinski definition) is 16. The standard InChI is InChI=1S/C50H72N6O12/c1-12-20-54(10)37-23-31(4)64-47(42(37)59)67-45-33(6)43(66-40(57)24-35-18-14-15-19-52-35)34(7)46(60)65-39(13-2)50(9)44(32(5)41(58)30(3)25-49(45,8)62-11)56(48(61)68-50)22-17-16-21-55-27-36(53-28-55)38-26-51-29-63-38/h12,14-15,18-19,26-34,37,39,42-45,47,59H,1,13,16-17,20-25H2,2-11H3/t30-,31+,32+,33+,34-,37-,39-,42+,43+,44-,45-,47-,49-,50-/m1/s1. The van der Waals surface area contributed by atoms with E-state index in [9.17, 15) is 19.5 Å². The molecule has 3 fully saturated rings. The normalized spacial score (nSPS) is 33.9. The third kappa shape index (κ3) is 11.5. The van der Waals surface area contributed by atoms with Crippen LogP contribution in [0, 0.1) is 23.7 Å². The molecule has 374 valence electrons. The molecular formula is C50H72N6O12. The van der Waals surface area contributed by atoms with Crippen LogP contribution in [0.2, 0.25) is 0 Å². The summed E-state index contributed by atoms with van der Waals surface area (Å²) in [5.74, 6) is -4.40. The summed E-state index contributed by atoms with van der Waals surface area (Å²) in [5, 5.41) is 11.9. The number of cyclic esters (lactones) is 1. The van der Waals surface area contributed by atoms with Gasteiger partial charge in [-0.25, -0.2) is 14.8 Å². The zero-order valence-electron chi connectivity index (χ0n) is 41.3. The fourth-order valence-electron chi connectivity index (χ4n) is 10.7. The van der Waals surface area contributed by atoms with Crippen LogP contribution >= 0.6 is 0 Å². The van der Waals surface area contributed by atoms with Crippen LogP contribution in [-0.4, -0.2) is 146 Å². The topological polar surface area (TPSA) is 207 Å². The first-order valence-electron chi connectivity index (χ1n) is 23.9. The summed E-state index contributed by atoms with van der Waals surface area (Å²) in [4.78, 5) is 74.1. The number of methoxy groups -OCH3 is 1. The van der Waals surface area contributed by atoms with Crippen molar-refractivity contribution in [3.63, 3.8) is 0 Å². The van der Waals surface area contributed by atoms with E-state index in [1.54, 1.807) is 75.6 Å². The van der Waals surface area contributed by atoms with E-state index in [4.69, 9.17) is 32.8 Å². The van der Waals surface area contributed by atoms with Gasteiger partial charge in [-0.1, -0.05) is 39.8 Å². The second-order valence-electron chi connectivity index (χ2n) is 19.4. The molecule has 0 radical (unpaired) electrons. The fourth-order valence-corrected chi connectivity index (χ4v) is 10.7. The van der Waals surface area contributed by atoms with E-state index in [0.717, 1.165) is 0 Å². The quantitative estimate of drug-likeness (QED) is 0.0750. The molecule has 0 unspecified atom stereocenters. The molecule has 3 aliphatic heterocycles. The summed E-state index contributed by atoms with van der Waals surface area (Å²) in [7, 11) is 3.41. The maximum Gasteiger partial charge on any atom is 0.410 e. The molecule has 18 nitrogen and oxygen atoms in total. The minimum atomic E-state index is -1.45. The van der Waals surface area contributed by atoms with Gasteiger partial charge < -0.3 is 47.4 Å². The van der Waals surface area contributed by atoms with E-state index in [2.05, 4.69) is 21.5 Å². The highest BCUT2D eigenvalue weighted by Crippen LogP contribution is 2.44. The minimum Gasteiger partial charge on any atom is -0.461 e. The number of pyridine rings is 1. The molecule has 3 aromatic rings. The number of fused-ring (bicyclic) bond motifs is 1. The van der Waals surface area contributed by atoms with Gasteiger partial charge in [-0.2, -0.15) is 0 Å². The Bertz CT molecular complexity index is 2160. The SMILES string of the molecule is C=CCN(C)[C@@H]1C[C@H](C)O[C@H](O[C@@H]2[C@@H](C)[C@H](OC(=O)Cc3ccccn3)[C@@H](C)C(=O)O[C@H](CC)[C@@]3(C)OC(=O)N(CCCCn4cnc(-c5cnco5)c4)[C@@H]3[C@@H](C)C(=O)[C@H](C)C[C@@]2(C)OC)[C@H]1O. The number of rotatable bonds is 16. The second-order valence-corrected chi connectivity index (χ2v) is 19.4. The summed E-state index contributed by atoms with van der Waals surface area (Å²) >= 11 is 0. The number of ketones is 1. The van der Waals surface area contributed by atoms with Crippen LogP contribution in [0.3, 0.4) is 0 Å². The predicted octanol–water partition coefficient (Wildman–Crippen LogP) is 6.06.